The lowest BCUT2D eigenvalue weighted by Gasteiger charge is -2.28. The molecule has 0 radical (unpaired) electrons. The van der Waals surface area contributed by atoms with Gasteiger partial charge in [-0.05, 0) is 24.5 Å². The highest BCUT2D eigenvalue weighted by Crippen LogP contribution is 2.37. The van der Waals surface area contributed by atoms with Crippen LogP contribution in [0.1, 0.15) is 30.9 Å². The molecule has 2 aliphatic rings. The molecule has 26 heavy (non-hydrogen) atoms. The summed E-state index contributed by atoms with van der Waals surface area (Å²) in [7, 11) is 3.22. The van der Waals surface area contributed by atoms with Crippen LogP contribution in [0.25, 0.3) is 0 Å². The van der Waals surface area contributed by atoms with E-state index < -0.39 is 5.92 Å². The molecule has 0 fully saturated rings. The van der Waals surface area contributed by atoms with Gasteiger partial charge in [0.2, 0.25) is 0 Å². The van der Waals surface area contributed by atoms with Crippen LogP contribution in [0.3, 0.4) is 0 Å². The maximum Gasteiger partial charge on any atom is 0.445 e. The molecule has 2 aliphatic heterocycles. The van der Waals surface area contributed by atoms with Gasteiger partial charge < -0.3 is 0 Å². The average molecular weight is 370 g/mol. The summed E-state index contributed by atoms with van der Waals surface area (Å²) in [6, 6.07) is 8.11. The molecule has 0 saturated heterocycles. The number of aryl methyl sites for hydroxylation is 1. The summed E-state index contributed by atoms with van der Waals surface area (Å²) < 4.78 is 1.48. The summed E-state index contributed by atoms with van der Waals surface area (Å²) in [5.74, 6) is 0.642. The predicted octanol–water partition coefficient (Wildman–Crippen LogP) is 3.62. The van der Waals surface area contributed by atoms with Crippen molar-refractivity contribution in [1.82, 2.24) is 4.90 Å². The molecule has 0 spiro atoms. The number of imide groups is 1. The zero-order valence-electron chi connectivity index (χ0n) is 15.7. The number of amides is 3. The number of dihydropyridines is 1. The van der Waals surface area contributed by atoms with Crippen molar-refractivity contribution in [2.24, 2.45) is 10.9 Å². The zero-order valence-corrected chi connectivity index (χ0v) is 16.5. The van der Waals surface area contributed by atoms with Crippen LogP contribution >= 0.6 is 11.8 Å². The van der Waals surface area contributed by atoms with Gasteiger partial charge in [0.1, 0.15) is 6.21 Å². The molecule has 0 aliphatic carbocycles. The number of nitrogens with zero attached hydrogens (tertiary/aromatic N) is 3. The van der Waals surface area contributed by atoms with E-state index in [0.29, 0.717) is 5.84 Å². The van der Waals surface area contributed by atoms with Crippen molar-refractivity contribution in [2.45, 2.75) is 32.4 Å². The van der Waals surface area contributed by atoms with Crippen molar-refractivity contribution in [3.8, 4) is 0 Å². The van der Waals surface area contributed by atoms with Crippen molar-refractivity contribution in [1.29, 1.82) is 0 Å². The summed E-state index contributed by atoms with van der Waals surface area (Å²) >= 11 is 1.68. The highest BCUT2D eigenvalue weighted by atomic mass is 32.2. The fourth-order valence-corrected chi connectivity index (χ4v) is 4.40. The maximum atomic E-state index is 12.9. The van der Waals surface area contributed by atoms with Crippen LogP contribution < -0.4 is 0 Å². The molecular formula is C20H24N3O2S+. The van der Waals surface area contributed by atoms with Gasteiger partial charge in [-0.3, -0.25) is 4.79 Å². The average Bonchev–Trinajstić information content (AvgIpc) is 2.64. The number of rotatable bonds is 5. The van der Waals surface area contributed by atoms with Crippen LogP contribution in [0.5, 0.6) is 0 Å². The van der Waals surface area contributed by atoms with Gasteiger partial charge in [0.05, 0.1) is 14.1 Å². The highest BCUT2D eigenvalue weighted by Gasteiger charge is 2.48. The van der Waals surface area contributed by atoms with Crippen LogP contribution in [0, 0.1) is 12.8 Å². The van der Waals surface area contributed by atoms with E-state index in [4.69, 9.17) is 0 Å². The van der Waals surface area contributed by atoms with E-state index in [9.17, 15) is 9.59 Å². The molecule has 1 aromatic rings. The number of aliphatic imine (C=N–C) groups is 1. The van der Waals surface area contributed by atoms with Gasteiger partial charge in [-0.2, -0.15) is 9.48 Å². The molecular weight excluding hydrogens is 346 g/mol. The first-order chi connectivity index (χ1) is 12.4. The second kappa shape index (κ2) is 7.58. The van der Waals surface area contributed by atoms with Crippen LogP contribution in [0.2, 0.25) is 0 Å². The summed E-state index contributed by atoms with van der Waals surface area (Å²) in [4.78, 5) is 31.8. The lowest BCUT2D eigenvalue weighted by atomic mass is 9.96. The lowest BCUT2D eigenvalue weighted by molar-refractivity contribution is -0.407. The Labute approximate surface area is 158 Å². The SMILES string of the molecule is CCCC1=C(SCc2ccc(C)cc2)C2C(=O)N(C)C(=O)[N+](C)=C2N=C1. The minimum absolute atomic E-state index is 0.194. The molecule has 3 amide bonds. The lowest BCUT2D eigenvalue weighted by Crippen LogP contribution is -2.52. The van der Waals surface area contributed by atoms with Crippen molar-refractivity contribution in [3.63, 3.8) is 0 Å². The van der Waals surface area contributed by atoms with Gasteiger partial charge in [-0.25, -0.2) is 4.79 Å². The summed E-state index contributed by atoms with van der Waals surface area (Å²) in [6.07, 6.45) is 3.68. The van der Waals surface area contributed by atoms with Gasteiger partial charge >= 0.3 is 11.9 Å². The standard InChI is InChI=1S/C20H24N3O2S/c1-5-6-15-11-21-18-16(19(24)23(4)20(25)22(18)3)17(15)26-12-14-9-7-13(2)8-10-14/h7-11,16H,5-6,12H2,1-4H3/q+1. The number of carbonyl (C=O) groups excluding carboxylic acids is 2. The van der Waals surface area contributed by atoms with Crippen molar-refractivity contribution < 1.29 is 14.2 Å². The van der Waals surface area contributed by atoms with E-state index in [1.807, 2.05) is 6.21 Å². The Morgan fingerprint density at radius 2 is 1.92 bits per heavy atom. The van der Waals surface area contributed by atoms with E-state index in [1.165, 1.54) is 27.7 Å². The molecule has 1 aromatic carbocycles. The molecule has 0 saturated carbocycles. The number of urea groups is 1. The first kappa shape index (κ1) is 18.6. The Morgan fingerprint density at radius 1 is 1.23 bits per heavy atom. The number of thioether (sulfide) groups is 1. The van der Waals surface area contributed by atoms with Gasteiger partial charge in [-0.15, -0.1) is 16.8 Å². The molecule has 0 aromatic heterocycles. The van der Waals surface area contributed by atoms with Gasteiger partial charge in [-0.1, -0.05) is 43.2 Å². The molecule has 3 rings (SSSR count). The fourth-order valence-electron chi connectivity index (χ4n) is 3.18. The number of fused-ring (bicyclic) bond motifs is 1. The topological polar surface area (TPSA) is 52.8 Å². The third-order valence-corrected chi connectivity index (χ3v) is 6.01. The van der Waals surface area contributed by atoms with E-state index in [0.717, 1.165) is 29.1 Å². The van der Waals surface area contributed by atoms with Crippen LogP contribution in [-0.4, -0.2) is 47.6 Å². The maximum absolute atomic E-state index is 12.9. The van der Waals surface area contributed by atoms with Crippen LogP contribution in [0.4, 0.5) is 4.79 Å². The van der Waals surface area contributed by atoms with Crippen molar-refractivity contribution >= 4 is 35.8 Å². The second-order valence-electron chi connectivity index (χ2n) is 6.70. The third-order valence-electron chi connectivity index (χ3n) is 4.72. The van der Waals surface area contributed by atoms with Crippen molar-refractivity contribution in [2.75, 3.05) is 14.1 Å². The van der Waals surface area contributed by atoms with E-state index in [-0.39, 0.29) is 11.9 Å². The third kappa shape index (κ3) is 3.38. The Hall–Kier alpha value is -2.21. The number of benzene rings is 1. The highest BCUT2D eigenvalue weighted by molar-refractivity contribution is 8.02. The van der Waals surface area contributed by atoms with Gasteiger partial charge in [0.25, 0.3) is 5.84 Å². The number of hydrogen-bond donors (Lipinski definition) is 0. The Kier molecular flexibility index (Phi) is 5.41. The van der Waals surface area contributed by atoms with E-state index >= 15 is 0 Å². The smallest absolute Gasteiger partial charge is 0.255 e. The number of amidine groups is 1. The monoisotopic (exact) mass is 370 g/mol. The summed E-state index contributed by atoms with van der Waals surface area (Å²) in [5.41, 5.74) is 3.55. The molecule has 1 atom stereocenters. The van der Waals surface area contributed by atoms with E-state index in [1.54, 1.807) is 18.8 Å². The summed E-state index contributed by atoms with van der Waals surface area (Å²) in [6.45, 7) is 4.19. The minimum Gasteiger partial charge on any atom is -0.255 e. The van der Waals surface area contributed by atoms with Crippen molar-refractivity contribution in [3.05, 3.63) is 45.9 Å². The Morgan fingerprint density at radius 3 is 2.58 bits per heavy atom. The zero-order chi connectivity index (χ0) is 18.8. The number of carbonyl (C=O) groups is 2. The second-order valence-corrected chi connectivity index (χ2v) is 7.72. The fraction of sp³-hybridized carbons (Fsp3) is 0.400. The quantitative estimate of drug-likeness (QED) is 0.744. The Bertz CT molecular complexity index is 837. The molecule has 1 unspecified atom stereocenters. The Balaban J connectivity index is 1.96. The van der Waals surface area contributed by atoms with Crippen LogP contribution in [-0.2, 0) is 10.5 Å². The normalized spacial score (nSPS) is 20.2. The first-order valence-corrected chi connectivity index (χ1v) is 9.80. The molecule has 5 nitrogen and oxygen atoms in total. The van der Waals surface area contributed by atoms with Crippen LogP contribution in [0.15, 0.2) is 39.7 Å². The predicted molar refractivity (Wildman–Crippen MR) is 106 cm³/mol. The molecule has 2 heterocycles. The molecule has 0 N–H and O–H groups in total. The number of hydrogen-bond acceptors (Lipinski definition) is 4. The largest absolute Gasteiger partial charge is 0.445 e. The minimum atomic E-state index is -0.482. The van der Waals surface area contributed by atoms with E-state index in [2.05, 4.69) is 43.1 Å². The molecule has 136 valence electrons. The van der Waals surface area contributed by atoms with Gasteiger partial charge in [0, 0.05) is 10.7 Å². The summed E-state index contributed by atoms with van der Waals surface area (Å²) in [5, 5.41) is 0. The molecule has 6 heteroatoms. The van der Waals surface area contributed by atoms with Gasteiger partial charge in [0.15, 0.2) is 5.92 Å². The number of allylic oxidation sites excluding steroid dienone is 1. The molecule has 0 bridgehead atoms. The first-order valence-electron chi connectivity index (χ1n) is 8.81.